The Labute approximate surface area is 143 Å². The van der Waals surface area contributed by atoms with Gasteiger partial charge in [-0.25, -0.2) is 18.1 Å². The number of halogens is 4. The first kappa shape index (κ1) is 20.7. The van der Waals surface area contributed by atoms with E-state index in [1.54, 1.807) is 0 Å². The van der Waals surface area contributed by atoms with Gasteiger partial charge in [0.2, 0.25) is 15.9 Å². The van der Waals surface area contributed by atoms with Gasteiger partial charge in [-0.3, -0.25) is 0 Å². The summed E-state index contributed by atoms with van der Waals surface area (Å²) in [7, 11) is -3.77. The summed E-state index contributed by atoms with van der Waals surface area (Å²) in [5, 5.41) is 3.11. The molecule has 2 N–H and O–H groups in total. The van der Waals surface area contributed by atoms with Crippen LogP contribution in [-0.2, 0) is 10.0 Å². The van der Waals surface area contributed by atoms with Crippen LogP contribution in [0.1, 0.15) is 6.42 Å². The zero-order chi connectivity index (χ0) is 16.9. The molecule has 136 valence electrons. The van der Waals surface area contributed by atoms with Crippen LogP contribution >= 0.6 is 12.4 Å². The quantitative estimate of drug-likeness (QED) is 0.725. The first-order valence-electron chi connectivity index (χ1n) is 6.80. The molecule has 1 aliphatic heterocycles. The summed E-state index contributed by atoms with van der Waals surface area (Å²) < 4.78 is 67.1. The van der Waals surface area contributed by atoms with Crippen LogP contribution in [0.2, 0.25) is 0 Å². The third-order valence-corrected chi connectivity index (χ3v) is 4.44. The van der Waals surface area contributed by atoms with Crippen molar-refractivity contribution < 1.29 is 26.3 Å². The molecule has 24 heavy (non-hydrogen) atoms. The second-order valence-electron chi connectivity index (χ2n) is 4.88. The minimum atomic E-state index is -4.48. The summed E-state index contributed by atoms with van der Waals surface area (Å²) in [5.74, 6) is -0.290. The van der Waals surface area contributed by atoms with Gasteiger partial charge in [0.05, 0.1) is 6.20 Å². The van der Waals surface area contributed by atoms with Gasteiger partial charge in [0.1, 0.15) is 4.90 Å². The molecule has 0 saturated carbocycles. The summed E-state index contributed by atoms with van der Waals surface area (Å²) in [6.07, 6.45) is -0.843. The summed E-state index contributed by atoms with van der Waals surface area (Å²) in [4.78, 5) is 3.44. The van der Waals surface area contributed by atoms with Crippen molar-refractivity contribution in [2.45, 2.75) is 17.5 Å². The standard InChI is InChI=1S/C13H16F3N3O3S.ClH/c14-13(15,16)9-22-12-2-1-11(8-18-12)23(20,21)19-7-10-3-5-17-6-4-10;/h1-3,8,17,19H,4-7,9H2;1H. The molecule has 0 spiro atoms. The van der Waals surface area contributed by atoms with Gasteiger partial charge in [0, 0.05) is 19.2 Å². The van der Waals surface area contributed by atoms with Crippen LogP contribution in [0, 0.1) is 0 Å². The molecule has 0 atom stereocenters. The Balaban J connectivity index is 0.00000288. The SMILES string of the molecule is Cl.O=S(=O)(NCC1=CCNCC1)c1ccc(OCC(F)(F)F)nc1. The Bertz CT molecular complexity index is 663. The number of sulfonamides is 1. The van der Waals surface area contributed by atoms with Crippen molar-refractivity contribution in [3.8, 4) is 5.88 Å². The van der Waals surface area contributed by atoms with Crippen LogP contribution in [0.5, 0.6) is 5.88 Å². The molecule has 6 nitrogen and oxygen atoms in total. The highest BCUT2D eigenvalue weighted by molar-refractivity contribution is 7.89. The molecule has 0 unspecified atom stereocenters. The maximum absolute atomic E-state index is 12.1. The molecule has 1 aromatic rings. The monoisotopic (exact) mass is 387 g/mol. The number of nitrogens with zero attached hydrogens (tertiary/aromatic N) is 1. The summed E-state index contributed by atoms with van der Waals surface area (Å²) in [6, 6.07) is 2.24. The van der Waals surface area contributed by atoms with Crippen LogP contribution in [0.4, 0.5) is 13.2 Å². The van der Waals surface area contributed by atoms with Crippen molar-refractivity contribution in [2.75, 3.05) is 26.2 Å². The van der Waals surface area contributed by atoms with Crippen molar-refractivity contribution in [1.29, 1.82) is 0 Å². The van der Waals surface area contributed by atoms with Crippen LogP contribution < -0.4 is 14.8 Å². The summed E-state index contributed by atoms with van der Waals surface area (Å²) in [6.45, 7) is 0.201. The average molecular weight is 388 g/mol. The average Bonchev–Trinajstić information content (AvgIpc) is 2.52. The van der Waals surface area contributed by atoms with Crippen LogP contribution in [0.15, 0.2) is 34.9 Å². The predicted octanol–water partition coefficient (Wildman–Crippen LogP) is 1.64. The molecular weight excluding hydrogens is 371 g/mol. The Kier molecular flexibility index (Phi) is 7.46. The number of ether oxygens (including phenoxy) is 1. The zero-order valence-corrected chi connectivity index (χ0v) is 14.1. The number of alkyl halides is 3. The molecule has 2 rings (SSSR count). The van der Waals surface area contributed by atoms with E-state index in [0.717, 1.165) is 36.9 Å². The summed E-state index contributed by atoms with van der Waals surface area (Å²) >= 11 is 0. The van der Waals surface area contributed by atoms with Gasteiger partial charge in [0.15, 0.2) is 6.61 Å². The Hall–Kier alpha value is -1.36. The van der Waals surface area contributed by atoms with Crippen LogP contribution in [-0.4, -0.2) is 45.8 Å². The molecule has 0 radical (unpaired) electrons. The highest BCUT2D eigenvalue weighted by atomic mass is 35.5. The smallest absolute Gasteiger partial charge is 0.422 e. The molecule has 0 amide bonds. The lowest BCUT2D eigenvalue weighted by atomic mass is 10.1. The first-order chi connectivity index (χ1) is 10.8. The normalized spacial score (nSPS) is 15.4. The molecule has 0 bridgehead atoms. The van der Waals surface area contributed by atoms with Gasteiger partial charge < -0.3 is 10.1 Å². The van der Waals surface area contributed by atoms with Crippen molar-refractivity contribution in [1.82, 2.24) is 15.0 Å². The van der Waals surface area contributed by atoms with E-state index >= 15 is 0 Å². The van der Waals surface area contributed by atoms with Gasteiger partial charge in [0.25, 0.3) is 0 Å². The topological polar surface area (TPSA) is 80.3 Å². The van der Waals surface area contributed by atoms with Gasteiger partial charge in [-0.15, -0.1) is 12.4 Å². The number of rotatable bonds is 6. The van der Waals surface area contributed by atoms with Crippen molar-refractivity contribution in [2.24, 2.45) is 0 Å². The molecule has 1 aromatic heterocycles. The number of nitrogens with one attached hydrogen (secondary N) is 2. The van der Waals surface area contributed by atoms with Gasteiger partial charge in [-0.1, -0.05) is 11.6 Å². The van der Waals surface area contributed by atoms with Crippen molar-refractivity contribution in [3.63, 3.8) is 0 Å². The predicted molar refractivity (Wildman–Crippen MR) is 83.8 cm³/mol. The molecule has 1 aliphatic rings. The molecule has 0 aliphatic carbocycles. The van der Waals surface area contributed by atoms with E-state index in [1.165, 1.54) is 0 Å². The first-order valence-corrected chi connectivity index (χ1v) is 8.28. The van der Waals surface area contributed by atoms with Crippen molar-refractivity contribution >= 4 is 22.4 Å². The molecule has 0 aromatic carbocycles. The number of hydrogen-bond donors (Lipinski definition) is 2. The fraction of sp³-hybridized carbons (Fsp3) is 0.462. The molecule has 0 saturated heterocycles. The molecule has 11 heteroatoms. The van der Waals surface area contributed by atoms with E-state index in [-0.39, 0.29) is 29.7 Å². The second-order valence-corrected chi connectivity index (χ2v) is 6.64. The van der Waals surface area contributed by atoms with E-state index in [1.807, 2.05) is 6.08 Å². The van der Waals surface area contributed by atoms with Crippen LogP contribution in [0.3, 0.4) is 0 Å². The Morgan fingerprint density at radius 3 is 2.62 bits per heavy atom. The van der Waals surface area contributed by atoms with E-state index in [9.17, 15) is 21.6 Å². The second kappa shape index (κ2) is 8.65. The van der Waals surface area contributed by atoms with Crippen molar-refractivity contribution in [3.05, 3.63) is 30.0 Å². The third-order valence-electron chi connectivity index (χ3n) is 3.05. The maximum atomic E-state index is 12.1. The highest BCUT2D eigenvalue weighted by Crippen LogP contribution is 2.18. The summed E-state index contributed by atoms with van der Waals surface area (Å²) in [5.41, 5.74) is 0.977. The number of hydrogen-bond acceptors (Lipinski definition) is 5. The maximum Gasteiger partial charge on any atom is 0.422 e. The van der Waals surface area contributed by atoms with E-state index in [4.69, 9.17) is 0 Å². The highest BCUT2D eigenvalue weighted by Gasteiger charge is 2.28. The fourth-order valence-electron chi connectivity index (χ4n) is 1.87. The van der Waals surface area contributed by atoms with Gasteiger partial charge >= 0.3 is 6.18 Å². The molecular formula is C13H17ClF3N3O3S. The number of aromatic nitrogens is 1. The largest absolute Gasteiger partial charge is 0.468 e. The minimum absolute atomic E-state index is 0. The van der Waals surface area contributed by atoms with E-state index in [0.29, 0.717) is 6.54 Å². The van der Waals surface area contributed by atoms with Gasteiger partial charge in [-0.2, -0.15) is 13.2 Å². The lowest BCUT2D eigenvalue weighted by Gasteiger charge is -2.14. The molecule has 2 heterocycles. The van der Waals surface area contributed by atoms with Crippen LogP contribution in [0.25, 0.3) is 0 Å². The van der Waals surface area contributed by atoms with E-state index in [2.05, 4.69) is 19.8 Å². The lowest BCUT2D eigenvalue weighted by molar-refractivity contribution is -0.154. The van der Waals surface area contributed by atoms with E-state index < -0.39 is 22.8 Å². The Morgan fingerprint density at radius 1 is 1.33 bits per heavy atom. The third kappa shape index (κ3) is 6.63. The lowest BCUT2D eigenvalue weighted by Crippen LogP contribution is -2.29. The Morgan fingerprint density at radius 2 is 2.08 bits per heavy atom. The fourth-order valence-corrected chi connectivity index (χ4v) is 2.85. The van der Waals surface area contributed by atoms with Gasteiger partial charge in [-0.05, 0) is 19.0 Å². The molecule has 0 fully saturated rings. The number of pyridine rings is 1. The minimum Gasteiger partial charge on any atom is -0.468 e. The zero-order valence-electron chi connectivity index (χ0n) is 12.5.